The molecule has 2 heteroatoms. The minimum absolute atomic E-state index is 0.267. The second-order valence-corrected chi connectivity index (χ2v) is 4.26. The van der Waals surface area contributed by atoms with Crippen LogP contribution in [0.1, 0.15) is 18.4 Å². The number of carbonyl (C=O) groups is 1. The molecular weight excluding hydrogens is 198 g/mol. The summed E-state index contributed by atoms with van der Waals surface area (Å²) in [7, 11) is 0. The molecule has 0 atom stereocenters. The summed E-state index contributed by atoms with van der Waals surface area (Å²) in [5.41, 5.74) is 2.39. The molecule has 1 aliphatic rings. The smallest absolute Gasteiger partial charge is 0.123 e. The maximum absolute atomic E-state index is 10.7. The van der Waals surface area contributed by atoms with Crippen molar-refractivity contribution in [3.63, 3.8) is 0 Å². The highest BCUT2D eigenvalue weighted by Gasteiger charge is 2.18. The van der Waals surface area contributed by atoms with E-state index in [0.717, 1.165) is 37.8 Å². The molecule has 0 aromatic heterocycles. The van der Waals surface area contributed by atoms with Crippen molar-refractivity contribution < 1.29 is 4.79 Å². The number of anilines is 1. The van der Waals surface area contributed by atoms with Crippen LogP contribution in [0.15, 0.2) is 30.8 Å². The zero-order valence-electron chi connectivity index (χ0n) is 9.43. The molecule has 1 heterocycles. The minimum atomic E-state index is 0.267. The molecule has 1 fully saturated rings. The minimum Gasteiger partial charge on any atom is -0.371 e. The van der Waals surface area contributed by atoms with E-state index in [1.54, 1.807) is 0 Å². The van der Waals surface area contributed by atoms with Gasteiger partial charge in [-0.2, -0.15) is 0 Å². The van der Waals surface area contributed by atoms with Crippen molar-refractivity contribution in [1.82, 2.24) is 0 Å². The predicted molar refractivity (Wildman–Crippen MR) is 67.5 cm³/mol. The molecule has 0 bridgehead atoms. The van der Waals surface area contributed by atoms with Crippen LogP contribution in [0.2, 0.25) is 0 Å². The number of carbonyl (C=O) groups excluding carboxylic acids is 1. The van der Waals surface area contributed by atoms with Gasteiger partial charge in [0.05, 0.1) is 0 Å². The molecule has 84 valence electrons. The van der Waals surface area contributed by atoms with Gasteiger partial charge >= 0.3 is 0 Å². The molecule has 0 unspecified atom stereocenters. The summed E-state index contributed by atoms with van der Waals surface area (Å²) in [5.74, 6) is 0.267. The highest BCUT2D eigenvalue weighted by Crippen LogP contribution is 2.22. The van der Waals surface area contributed by atoms with E-state index < -0.39 is 0 Å². The number of rotatable bonds is 3. The lowest BCUT2D eigenvalue weighted by atomic mass is 9.98. The predicted octanol–water partition coefficient (Wildman–Crippen LogP) is 2.74. The van der Waals surface area contributed by atoms with Gasteiger partial charge < -0.3 is 9.69 Å². The lowest BCUT2D eigenvalue weighted by Crippen LogP contribution is -2.33. The average molecular weight is 215 g/mol. The van der Waals surface area contributed by atoms with E-state index in [1.807, 2.05) is 6.08 Å². The van der Waals surface area contributed by atoms with Gasteiger partial charge in [-0.05, 0) is 30.5 Å². The largest absolute Gasteiger partial charge is 0.371 e. The standard InChI is InChI=1S/C14H17NO/c1-2-12-3-5-14(6-4-12)15-9-7-13(11-16)8-10-15/h2-6,11,13H,1,7-10H2. The highest BCUT2D eigenvalue weighted by molar-refractivity contribution is 5.57. The molecule has 0 amide bonds. The van der Waals surface area contributed by atoms with Crippen LogP contribution < -0.4 is 4.90 Å². The highest BCUT2D eigenvalue weighted by atomic mass is 16.1. The molecule has 0 saturated carbocycles. The molecule has 2 rings (SSSR count). The second kappa shape index (κ2) is 4.97. The topological polar surface area (TPSA) is 20.3 Å². The quantitative estimate of drug-likeness (QED) is 0.723. The van der Waals surface area contributed by atoms with Gasteiger partial charge in [-0.25, -0.2) is 0 Å². The van der Waals surface area contributed by atoms with E-state index in [2.05, 4.69) is 35.7 Å². The Morgan fingerprint density at radius 3 is 2.31 bits per heavy atom. The molecular formula is C14H17NO. The Labute approximate surface area is 96.6 Å². The number of piperidine rings is 1. The van der Waals surface area contributed by atoms with Crippen LogP contribution in [0.5, 0.6) is 0 Å². The number of nitrogens with zero attached hydrogens (tertiary/aromatic N) is 1. The Hall–Kier alpha value is -1.57. The normalized spacial score (nSPS) is 17.1. The van der Waals surface area contributed by atoms with E-state index in [4.69, 9.17) is 0 Å². The van der Waals surface area contributed by atoms with Gasteiger partial charge in [0.1, 0.15) is 6.29 Å². The van der Waals surface area contributed by atoms with E-state index in [0.29, 0.717) is 0 Å². The summed E-state index contributed by atoms with van der Waals surface area (Å²) in [4.78, 5) is 13.0. The molecule has 16 heavy (non-hydrogen) atoms. The van der Waals surface area contributed by atoms with Crippen LogP contribution in [-0.4, -0.2) is 19.4 Å². The van der Waals surface area contributed by atoms with Gasteiger partial charge in [0, 0.05) is 24.7 Å². The molecule has 2 nitrogen and oxygen atoms in total. The molecule has 0 N–H and O–H groups in total. The second-order valence-electron chi connectivity index (χ2n) is 4.26. The SMILES string of the molecule is C=Cc1ccc(N2CCC(C=O)CC2)cc1. The lowest BCUT2D eigenvalue weighted by molar-refractivity contribution is -0.111. The first-order valence-electron chi connectivity index (χ1n) is 5.76. The first-order chi connectivity index (χ1) is 7.83. The van der Waals surface area contributed by atoms with Crippen molar-refractivity contribution in [2.24, 2.45) is 5.92 Å². The zero-order chi connectivity index (χ0) is 11.4. The monoisotopic (exact) mass is 215 g/mol. The van der Waals surface area contributed by atoms with Crippen molar-refractivity contribution in [2.75, 3.05) is 18.0 Å². The number of hydrogen-bond donors (Lipinski definition) is 0. The zero-order valence-corrected chi connectivity index (χ0v) is 9.43. The van der Waals surface area contributed by atoms with Crippen LogP contribution >= 0.6 is 0 Å². The summed E-state index contributed by atoms with van der Waals surface area (Å²) < 4.78 is 0. The third kappa shape index (κ3) is 2.32. The van der Waals surface area contributed by atoms with Crippen LogP contribution in [0.4, 0.5) is 5.69 Å². The average Bonchev–Trinajstić information content (AvgIpc) is 2.39. The van der Waals surface area contributed by atoms with Crippen LogP contribution in [-0.2, 0) is 4.79 Å². The summed E-state index contributed by atoms with van der Waals surface area (Å²) >= 11 is 0. The van der Waals surface area contributed by atoms with Crippen LogP contribution in [0.3, 0.4) is 0 Å². The van der Waals surface area contributed by atoms with Crippen molar-refractivity contribution in [1.29, 1.82) is 0 Å². The fraction of sp³-hybridized carbons (Fsp3) is 0.357. The van der Waals surface area contributed by atoms with E-state index in [1.165, 1.54) is 5.69 Å². The van der Waals surface area contributed by atoms with E-state index in [-0.39, 0.29) is 5.92 Å². The molecule has 1 aliphatic heterocycles. The molecule has 0 radical (unpaired) electrons. The Morgan fingerprint density at radius 1 is 1.19 bits per heavy atom. The molecule has 1 saturated heterocycles. The number of hydrogen-bond acceptors (Lipinski definition) is 2. The molecule has 1 aromatic rings. The van der Waals surface area contributed by atoms with Gasteiger partial charge in [-0.15, -0.1) is 0 Å². The molecule has 0 spiro atoms. The van der Waals surface area contributed by atoms with Gasteiger partial charge in [-0.3, -0.25) is 0 Å². The Morgan fingerprint density at radius 2 is 1.81 bits per heavy atom. The van der Waals surface area contributed by atoms with Gasteiger partial charge in [0.25, 0.3) is 0 Å². The third-order valence-electron chi connectivity index (χ3n) is 3.23. The Bertz CT molecular complexity index is 361. The lowest BCUT2D eigenvalue weighted by Gasteiger charge is -2.31. The Balaban J connectivity index is 2.02. The first kappa shape index (κ1) is 10.9. The summed E-state index contributed by atoms with van der Waals surface area (Å²) in [6, 6.07) is 8.40. The van der Waals surface area contributed by atoms with Crippen molar-refractivity contribution in [3.05, 3.63) is 36.4 Å². The van der Waals surface area contributed by atoms with E-state index in [9.17, 15) is 4.79 Å². The fourth-order valence-corrected chi connectivity index (χ4v) is 2.11. The van der Waals surface area contributed by atoms with Crippen molar-refractivity contribution in [2.45, 2.75) is 12.8 Å². The van der Waals surface area contributed by atoms with Gasteiger partial charge in [0.2, 0.25) is 0 Å². The summed E-state index contributed by atoms with van der Waals surface area (Å²) in [5, 5.41) is 0. The van der Waals surface area contributed by atoms with Crippen LogP contribution in [0.25, 0.3) is 6.08 Å². The third-order valence-corrected chi connectivity index (χ3v) is 3.23. The van der Waals surface area contributed by atoms with Gasteiger partial charge in [-0.1, -0.05) is 24.8 Å². The fourth-order valence-electron chi connectivity index (χ4n) is 2.11. The number of benzene rings is 1. The van der Waals surface area contributed by atoms with Crippen molar-refractivity contribution in [3.8, 4) is 0 Å². The maximum Gasteiger partial charge on any atom is 0.123 e. The van der Waals surface area contributed by atoms with E-state index >= 15 is 0 Å². The number of aldehydes is 1. The summed E-state index contributed by atoms with van der Waals surface area (Å²) in [6.45, 7) is 5.71. The molecule has 1 aromatic carbocycles. The van der Waals surface area contributed by atoms with Crippen molar-refractivity contribution >= 4 is 18.0 Å². The van der Waals surface area contributed by atoms with Crippen LogP contribution in [0, 0.1) is 5.92 Å². The Kier molecular flexibility index (Phi) is 3.40. The maximum atomic E-state index is 10.7. The van der Waals surface area contributed by atoms with Gasteiger partial charge in [0.15, 0.2) is 0 Å². The molecule has 0 aliphatic carbocycles. The summed E-state index contributed by atoms with van der Waals surface area (Å²) in [6.07, 6.45) is 4.90. The first-order valence-corrected chi connectivity index (χ1v) is 5.76.